The summed E-state index contributed by atoms with van der Waals surface area (Å²) >= 11 is 6.00. The van der Waals surface area contributed by atoms with Gasteiger partial charge in [0.05, 0.1) is 0 Å². The third-order valence-corrected chi connectivity index (χ3v) is 4.92. The average Bonchev–Trinajstić information content (AvgIpc) is 2.82. The second kappa shape index (κ2) is 7.32. The number of carbonyl (C=O) groups is 1. The van der Waals surface area contributed by atoms with Gasteiger partial charge in [0.25, 0.3) is 0 Å². The summed E-state index contributed by atoms with van der Waals surface area (Å²) in [6.07, 6.45) is 1.60. The van der Waals surface area contributed by atoms with Crippen LogP contribution in [0, 0.1) is 13.8 Å². The van der Waals surface area contributed by atoms with E-state index in [1.165, 1.54) is 33.3 Å². The number of hydrogen-bond donors (Lipinski definition) is 1. The van der Waals surface area contributed by atoms with E-state index in [1.54, 1.807) is 0 Å². The normalized spacial score (nSPS) is 11.2. The molecule has 25 heavy (non-hydrogen) atoms. The smallest absolute Gasteiger partial charge is 0.303 e. The van der Waals surface area contributed by atoms with Crippen LogP contribution in [0.5, 0.6) is 0 Å². The molecule has 0 saturated heterocycles. The van der Waals surface area contributed by atoms with Crippen LogP contribution in [0.2, 0.25) is 5.02 Å². The third-order valence-electron chi connectivity index (χ3n) is 4.66. The predicted octanol–water partition coefficient (Wildman–Crippen LogP) is 5.37. The minimum absolute atomic E-state index is 0.195. The maximum absolute atomic E-state index is 10.9. The fourth-order valence-corrected chi connectivity index (χ4v) is 3.50. The van der Waals surface area contributed by atoms with Gasteiger partial charge in [-0.2, -0.15) is 0 Å². The van der Waals surface area contributed by atoms with Crippen LogP contribution in [0.25, 0.3) is 10.9 Å². The van der Waals surface area contributed by atoms with Gasteiger partial charge in [-0.3, -0.25) is 4.79 Å². The van der Waals surface area contributed by atoms with Gasteiger partial charge in [0.2, 0.25) is 0 Å². The largest absolute Gasteiger partial charge is 0.481 e. The van der Waals surface area contributed by atoms with E-state index in [4.69, 9.17) is 16.7 Å². The van der Waals surface area contributed by atoms with E-state index < -0.39 is 5.97 Å². The van der Waals surface area contributed by atoms with Gasteiger partial charge < -0.3 is 9.67 Å². The molecule has 0 aliphatic rings. The molecule has 3 aromatic rings. The number of halogens is 1. The topological polar surface area (TPSA) is 42.2 Å². The summed E-state index contributed by atoms with van der Waals surface area (Å²) in [4.78, 5) is 10.9. The lowest BCUT2D eigenvalue weighted by molar-refractivity contribution is -0.137. The Morgan fingerprint density at radius 2 is 1.84 bits per heavy atom. The fourth-order valence-electron chi connectivity index (χ4n) is 3.37. The first-order valence-electron chi connectivity index (χ1n) is 8.50. The molecule has 0 amide bonds. The summed E-state index contributed by atoms with van der Waals surface area (Å²) in [6.45, 7) is 4.99. The van der Waals surface area contributed by atoms with Crippen LogP contribution in [0.3, 0.4) is 0 Å². The SMILES string of the molecule is Cc1ccc2c(c1)c(C)c(CCCC(=O)O)n2Cc1ccc(Cl)cc1. The maximum atomic E-state index is 10.9. The zero-order chi connectivity index (χ0) is 18.0. The average molecular weight is 356 g/mol. The summed E-state index contributed by atoms with van der Waals surface area (Å²) < 4.78 is 2.31. The second-order valence-corrected chi connectivity index (χ2v) is 6.99. The van der Waals surface area contributed by atoms with Gasteiger partial charge in [-0.1, -0.05) is 35.4 Å². The molecule has 0 unspecified atom stereocenters. The molecule has 1 aromatic heterocycles. The van der Waals surface area contributed by atoms with Crippen molar-refractivity contribution in [2.24, 2.45) is 0 Å². The number of carboxylic acids is 1. The number of rotatable bonds is 6. The molecular weight excluding hydrogens is 334 g/mol. The van der Waals surface area contributed by atoms with Gasteiger partial charge in [-0.25, -0.2) is 0 Å². The minimum atomic E-state index is -0.742. The number of aromatic nitrogens is 1. The molecule has 4 heteroatoms. The number of nitrogens with zero attached hydrogens (tertiary/aromatic N) is 1. The Kier molecular flexibility index (Phi) is 5.14. The van der Waals surface area contributed by atoms with E-state index in [-0.39, 0.29) is 6.42 Å². The number of benzene rings is 2. The Bertz CT molecular complexity index is 910. The summed E-state index contributed by atoms with van der Waals surface area (Å²) in [7, 11) is 0. The Morgan fingerprint density at radius 3 is 2.52 bits per heavy atom. The van der Waals surface area contributed by atoms with Crippen LogP contribution in [0.15, 0.2) is 42.5 Å². The molecule has 0 spiro atoms. The zero-order valence-corrected chi connectivity index (χ0v) is 15.3. The lowest BCUT2D eigenvalue weighted by Crippen LogP contribution is -2.06. The number of hydrogen-bond acceptors (Lipinski definition) is 1. The van der Waals surface area contributed by atoms with Gasteiger partial charge in [0.15, 0.2) is 0 Å². The summed E-state index contributed by atoms with van der Waals surface area (Å²) in [6, 6.07) is 14.4. The van der Waals surface area contributed by atoms with E-state index in [2.05, 4.69) is 36.6 Å². The molecule has 0 radical (unpaired) electrons. The predicted molar refractivity (Wildman–Crippen MR) is 103 cm³/mol. The van der Waals surface area contributed by atoms with E-state index >= 15 is 0 Å². The molecule has 3 rings (SSSR count). The van der Waals surface area contributed by atoms with Crippen molar-refractivity contribution in [3.63, 3.8) is 0 Å². The molecule has 2 aromatic carbocycles. The van der Waals surface area contributed by atoms with Crippen LogP contribution in [0.4, 0.5) is 0 Å². The maximum Gasteiger partial charge on any atom is 0.303 e. The molecule has 3 nitrogen and oxygen atoms in total. The van der Waals surface area contributed by atoms with Crippen LogP contribution >= 0.6 is 11.6 Å². The molecule has 0 atom stereocenters. The Balaban J connectivity index is 2.03. The molecule has 0 bridgehead atoms. The lowest BCUT2D eigenvalue weighted by atomic mass is 10.1. The van der Waals surface area contributed by atoms with E-state index in [0.29, 0.717) is 6.42 Å². The quantitative estimate of drug-likeness (QED) is 0.646. The highest BCUT2D eigenvalue weighted by molar-refractivity contribution is 6.30. The molecule has 0 saturated carbocycles. The highest BCUT2D eigenvalue weighted by atomic mass is 35.5. The van der Waals surface area contributed by atoms with Gasteiger partial charge in [-0.15, -0.1) is 0 Å². The first-order valence-corrected chi connectivity index (χ1v) is 8.88. The Labute approximate surface area is 152 Å². The fraction of sp³-hybridized carbons (Fsp3) is 0.286. The highest BCUT2D eigenvalue weighted by Gasteiger charge is 2.15. The van der Waals surface area contributed by atoms with Crippen molar-refractivity contribution in [3.8, 4) is 0 Å². The molecule has 0 aliphatic heterocycles. The van der Waals surface area contributed by atoms with Crippen molar-refractivity contribution in [2.75, 3.05) is 0 Å². The van der Waals surface area contributed by atoms with Gasteiger partial charge in [0, 0.05) is 34.6 Å². The summed E-state index contributed by atoms with van der Waals surface area (Å²) in [5.41, 5.74) is 6.08. The van der Waals surface area contributed by atoms with Crippen molar-refractivity contribution in [1.29, 1.82) is 0 Å². The summed E-state index contributed by atoms with van der Waals surface area (Å²) in [5.74, 6) is -0.742. The monoisotopic (exact) mass is 355 g/mol. The van der Waals surface area contributed by atoms with Crippen molar-refractivity contribution in [3.05, 3.63) is 69.9 Å². The molecule has 0 fully saturated rings. The second-order valence-electron chi connectivity index (χ2n) is 6.55. The summed E-state index contributed by atoms with van der Waals surface area (Å²) in [5, 5.41) is 10.9. The standard InChI is InChI=1S/C21H22ClNO2/c1-14-6-11-20-18(12-14)15(2)19(4-3-5-21(24)25)23(20)13-16-7-9-17(22)10-8-16/h6-12H,3-5,13H2,1-2H3,(H,24,25). The third kappa shape index (κ3) is 3.88. The van der Waals surface area contributed by atoms with Crippen LogP contribution < -0.4 is 0 Å². The Morgan fingerprint density at radius 1 is 1.12 bits per heavy atom. The first kappa shape index (κ1) is 17.6. The number of carboxylic acid groups (broad SMARTS) is 1. The van der Waals surface area contributed by atoms with Crippen molar-refractivity contribution < 1.29 is 9.90 Å². The van der Waals surface area contributed by atoms with Crippen molar-refractivity contribution >= 4 is 28.5 Å². The van der Waals surface area contributed by atoms with Crippen molar-refractivity contribution in [2.45, 2.75) is 39.7 Å². The molecule has 1 N–H and O–H groups in total. The number of fused-ring (bicyclic) bond motifs is 1. The van der Waals surface area contributed by atoms with Crippen LogP contribution in [-0.2, 0) is 17.8 Å². The zero-order valence-electron chi connectivity index (χ0n) is 14.6. The molecule has 130 valence electrons. The Hall–Kier alpha value is -2.26. The van der Waals surface area contributed by atoms with E-state index in [1.807, 2.05) is 24.3 Å². The van der Waals surface area contributed by atoms with E-state index in [0.717, 1.165) is 18.0 Å². The first-order chi connectivity index (χ1) is 12.0. The molecule has 0 aliphatic carbocycles. The van der Waals surface area contributed by atoms with Gasteiger partial charge in [-0.05, 0) is 62.1 Å². The van der Waals surface area contributed by atoms with Crippen LogP contribution in [-0.4, -0.2) is 15.6 Å². The number of aryl methyl sites for hydroxylation is 2. The van der Waals surface area contributed by atoms with Gasteiger partial charge in [0.1, 0.15) is 0 Å². The minimum Gasteiger partial charge on any atom is -0.481 e. The van der Waals surface area contributed by atoms with E-state index in [9.17, 15) is 4.79 Å². The highest BCUT2D eigenvalue weighted by Crippen LogP contribution is 2.29. The molecular formula is C21H22ClNO2. The van der Waals surface area contributed by atoms with Gasteiger partial charge >= 0.3 is 5.97 Å². The molecule has 1 heterocycles. The van der Waals surface area contributed by atoms with Crippen LogP contribution in [0.1, 0.15) is 35.2 Å². The lowest BCUT2D eigenvalue weighted by Gasteiger charge is -2.12. The van der Waals surface area contributed by atoms with Crippen molar-refractivity contribution in [1.82, 2.24) is 4.57 Å². The number of aliphatic carboxylic acids is 1.